The van der Waals surface area contributed by atoms with Crippen molar-refractivity contribution in [2.24, 2.45) is 4.99 Å². The Kier molecular flexibility index (Phi) is 3.65. The van der Waals surface area contributed by atoms with Crippen molar-refractivity contribution in [2.45, 2.75) is 43.2 Å². The fourth-order valence-electron chi connectivity index (χ4n) is 3.34. The molecule has 136 valence electrons. The molecule has 0 unspecified atom stereocenters. The van der Waals surface area contributed by atoms with Gasteiger partial charge in [0.05, 0.1) is 22.7 Å². The molecule has 1 aromatic rings. The van der Waals surface area contributed by atoms with Crippen molar-refractivity contribution in [1.29, 1.82) is 0 Å². The summed E-state index contributed by atoms with van der Waals surface area (Å²) in [6, 6.07) is 4.33. The van der Waals surface area contributed by atoms with E-state index in [1.54, 1.807) is 6.07 Å². The van der Waals surface area contributed by atoms with Gasteiger partial charge in [-0.1, -0.05) is 5.92 Å². The van der Waals surface area contributed by atoms with Crippen LogP contribution in [0.4, 0.5) is 5.69 Å². The zero-order valence-electron chi connectivity index (χ0n) is 14.7. The number of nitrogens with zero attached hydrogens (tertiary/aromatic N) is 3. The molecule has 8 heteroatoms. The molecular weight excluding hydrogens is 352 g/mol. The summed E-state index contributed by atoms with van der Waals surface area (Å²) in [4.78, 5) is 20.8. The molecule has 7 nitrogen and oxygen atoms in total. The van der Waals surface area contributed by atoms with Crippen molar-refractivity contribution in [1.82, 2.24) is 9.62 Å². The number of fused-ring (bicyclic) bond motifs is 3. The second kappa shape index (κ2) is 5.56. The molecule has 3 aliphatic rings. The Bertz CT molecular complexity index is 973. The maximum absolute atomic E-state index is 12.9. The lowest BCUT2D eigenvalue weighted by molar-refractivity contribution is 0.0846. The molecule has 0 spiro atoms. The first kappa shape index (κ1) is 17.1. The zero-order chi connectivity index (χ0) is 18.7. The second-order valence-electron chi connectivity index (χ2n) is 7.09. The standard InChI is InChI=1S/C18H20N4O3S/c1-4-12-11-19-17-21(5-2)16(23)14-10-13(6-7-15(14)22(12)17)26(24,25)20-18(3)8-9-18/h1,6-7,10,12,20H,5,8-9,11H2,2-3H3/t12-/m0/s1. The minimum absolute atomic E-state index is 0.0885. The number of aliphatic imine (C=N–C) groups is 1. The minimum atomic E-state index is -3.69. The summed E-state index contributed by atoms with van der Waals surface area (Å²) in [5.74, 6) is 2.97. The van der Waals surface area contributed by atoms with Gasteiger partial charge in [0.1, 0.15) is 6.04 Å². The predicted octanol–water partition coefficient (Wildman–Crippen LogP) is 1.17. The summed E-state index contributed by atoms with van der Waals surface area (Å²) in [5, 5.41) is 0. The number of hydrogen-bond acceptors (Lipinski definition) is 5. The minimum Gasteiger partial charge on any atom is -0.295 e. The van der Waals surface area contributed by atoms with Crippen molar-refractivity contribution in [3.8, 4) is 12.3 Å². The maximum atomic E-state index is 12.9. The van der Waals surface area contributed by atoms with Crippen molar-refractivity contribution >= 4 is 27.6 Å². The molecule has 0 radical (unpaired) electrons. The molecule has 0 saturated heterocycles. The van der Waals surface area contributed by atoms with Gasteiger partial charge in [-0.05, 0) is 44.9 Å². The Morgan fingerprint density at radius 3 is 2.77 bits per heavy atom. The van der Waals surface area contributed by atoms with Crippen LogP contribution in [0.2, 0.25) is 0 Å². The highest BCUT2D eigenvalue weighted by molar-refractivity contribution is 7.89. The first-order chi connectivity index (χ1) is 12.3. The normalized spacial score (nSPS) is 23.2. The van der Waals surface area contributed by atoms with Crippen LogP contribution in [-0.4, -0.2) is 49.9 Å². The molecular formula is C18H20N4O3S. The monoisotopic (exact) mass is 372 g/mol. The summed E-state index contributed by atoms with van der Waals surface area (Å²) in [6.07, 6.45) is 7.25. The number of rotatable bonds is 4. The number of hydrogen-bond donors (Lipinski definition) is 1. The number of sulfonamides is 1. The summed E-state index contributed by atoms with van der Waals surface area (Å²) in [7, 11) is -3.69. The second-order valence-corrected chi connectivity index (χ2v) is 8.77. The Hall–Kier alpha value is -2.37. The van der Waals surface area contributed by atoms with Gasteiger partial charge in [0, 0.05) is 12.1 Å². The molecule has 2 aliphatic heterocycles. The number of guanidine groups is 1. The molecule has 1 aliphatic carbocycles. The number of carbonyl (C=O) groups is 1. The quantitative estimate of drug-likeness (QED) is 0.805. The van der Waals surface area contributed by atoms with Gasteiger partial charge in [-0.15, -0.1) is 6.42 Å². The van der Waals surface area contributed by atoms with E-state index < -0.39 is 10.0 Å². The van der Waals surface area contributed by atoms with Crippen LogP contribution in [0.5, 0.6) is 0 Å². The zero-order valence-corrected chi connectivity index (χ0v) is 15.5. The third-order valence-electron chi connectivity index (χ3n) is 5.08. The van der Waals surface area contributed by atoms with Crippen molar-refractivity contribution in [3.63, 3.8) is 0 Å². The summed E-state index contributed by atoms with van der Waals surface area (Å²) in [5.41, 5.74) is 0.560. The smallest absolute Gasteiger partial charge is 0.262 e. The van der Waals surface area contributed by atoms with Crippen LogP contribution in [0.15, 0.2) is 28.1 Å². The number of terminal acetylenes is 1. The molecule has 1 aromatic carbocycles. The van der Waals surface area contributed by atoms with Gasteiger partial charge in [-0.25, -0.2) is 18.1 Å². The molecule has 4 rings (SSSR count). The van der Waals surface area contributed by atoms with Gasteiger partial charge in [-0.2, -0.15) is 0 Å². The lowest BCUT2D eigenvalue weighted by atomic mass is 10.1. The van der Waals surface area contributed by atoms with E-state index in [0.29, 0.717) is 30.3 Å². The number of nitrogens with one attached hydrogen (secondary N) is 1. The highest BCUT2D eigenvalue weighted by Gasteiger charge is 2.43. The van der Waals surface area contributed by atoms with E-state index >= 15 is 0 Å². The Morgan fingerprint density at radius 1 is 1.42 bits per heavy atom. The van der Waals surface area contributed by atoms with Gasteiger partial charge < -0.3 is 0 Å². The van der Waals surface area contributed by atoms with Gasteiger partial charge in [0.15, 0.2) is 0 Å². The molecule has 26 heavy (non-hydrogen) atoms. The van der Waals surface area contributed by atoms with E-state index in [2.05, 4.69) is 15.6 Å². The lowest BCUT2D eigenvalue weighted by Crippen LogP contribution is -2.52. The van der Waals surface area contributed by atoms with E-state index in [0.717, 1.165) is 12.8 Å². The van der Waals surface area contributed by atoms with Gasteiger partial charge in [0.25, 0.3) is 5.91 Å². The highest BCUT2D eigenvalue weighted by atomic mass is 32.2. The van der Waals surface area contributed by atoms with Crippen LogP contribution < -0.4 is 9.62 Å². The van der Waals surface area contributed by atoms with Gasteiger partial charge >= 0.3 is 0 Å². The Labute approximate surface area is 153 Å². The third-order valence-corrected chi connectivity index (χ3v) is 6.71. The largest absolute Gasteiger partial charge is 0.295 e. The van der Waals surface area contributed by atoms with Crippen LogP contribution in [0.1, 0.15) is 37.0 Å². The van der Waals surface area contributed by atoms with Gasteiger partial charge in [0.2, 0.25) is 16.0 Å². The van der Waals surface area contributed by atoms with E-state index in [4.69, 9.17) is 6.42 Å². The topological polar surface area (TPSA) is 82.1 Å². The summed E-state index contributed by atoms with van der Waals surface area (Å²) in [6.45, 7) is 4.56. The number of anilines is 1. The molecule has 1 amide bonds. The molecule has 0 aromatic heterocycles. The maximum Gasteiger partial charge on any atom is 0.262 e. The Morgan fingerprint density at radius 2 is 2.15 bits per heavy atom. The molecule has 1 saturated carbocycles. The van der Waals surface area contributed by atoms with Crippen molar-refractivity contribution in [3.05, 3.63) is 23.8 Å². The lowest BCUT2D eigenvalue weighted by Gasteiger charge is -2.37. The fourth-order valence-corrected chi connectivity index (χ4v) is 4.83. The molecule has 1 atom stereocenters. The van der Waals surface area contributed by atoms with Crippen LogP contribution in [-0.2, 0) is 10.0 Å². The van der Waals surface area contributed by atoms with Crippen LogP contribution >= 0.6 is 0 Å². The Balaban J connectivity index is 1.80. The fraction of sp³-hybridized carbons (Fsp3) is 0.444. The number of benzene rings is 1. The third kappa shape index (κ3) is 2.50. The molecule has 1 N–H and O–H groups in total. The predicted molar refractivity (Wildman–Crippen MR) is 98.5 cm³/mol. The van der Waals surface area contributed by atoms with E-state index in [1.165, 1.54) is 17.0 Å². The average molecular weight is 372 g/mol. The first-order valence-electron chi connectivity index (χ1n) is 8.59. The summed E-state index contributed by atoms with van der Waals surface area (Å²) >= 11 is 0. The number of carbonyl (C=O) groups excluding carboxylic acids is 1. The van der Waals surface area contributed by atoms with E-state index in [1.807, 2.05) is 18.7 Å². The van der Waals surface area contributed by atoms with Crippen LogP contribution in [0.25, 0.3) is 0 Å². The highest BCUT2D eigenvalue weighted by Crippen LogP contribution is 2.37. The molecule has 1 fully saturated rings. The van der Waals surface area contributed by atoms with Crippen LogP contribution in [0.3, 0.4) is 0 Å². The SMILES string of the molecule is C#C[C@H]1CN=C2N(CC)C(=O)c3cc(S(=O)(=O)NC4(C)CC4)ccc3N21. The van der Waals surface area contributed by atoms with E-state index in [-0.39, 0.29) is 22.4 Å². The first-order valence-corrected chi connectivity index (χ1v) is 10.1. The van der Waals surface area contributed by atoms with Crippen molar-refractivity contribution in [2.75, 3.05) is 18.0 Å². The molecule has 2 heterocycles. The molecule has 0 bridgehead atoms. The van der Waals surface area contributed by atoms with Crippen LogP contribution in [0, 0.1) is 12.3 Å². The summed E-state index contributed by atoms with van der Waals surface area (Å²) < 4.78 is 28.1. The van der Waals surface area contributed by atoms with Gasteiger partial charge in [-0.3, -0.25) is 14.6 Å². The average Bonchev–Trinajstić information content (AvgIpc) is 3.17. The van der Waals surface area contributed by atoms with Crippen molar-refractivity contribution < 1.29 is 13.2 Å². The number of amides is 1. The van der Waals surface area contributed by atoms with E-state index in [9.17, 15) is 13.2 Å².